The first kappa shape index (κ1) is 13.9. The van der Waals surface area contributed by atoms with Crippen LogP contribution in [0.2, 0.25) is 0 Å². The molecule has 2 atom stereocenters. The van der Waals surface area contributed by atoms with E-state index in [1.165, 1.54) is 10.8 Å². The Labute approximate surface area is 115 Å². The predicted octanol–water partition coefficient (Wildman–Crippen LogP) is 4.00. The Morgan fingerprint density at radius 3 is 2.58 bits per heavy atom. The normalized spacial score (nSPS) is 14.3. The number of fused-ring (bicyclic) bond motifs is 1. The highest BCUT2D eigenvalue weighted by Crippen LogP contribution is 2.26. The number of ether oxygens (including phenoxy) is 1. The first-order chi connectivity index (χ1) is 9.20. The second kappa shape index (κ2) is 6.58. The van der Waals surface area contributed by atoms with E-state index in [0.717, 1.165) is 18.7 Å². The Balaban J connectivity index is 2.08. The van der Waals surface area contributed by atoms with Crippen molar-refractivity contribution in [1.82, 2.24) is 5.32 Å². The fraction of sp³-hybridized carbons (Fsp3) is 0.412. The van der Waals surface area contributed by atoms with E-state index < -0.39 is 0 Å². The van der Waals surface area contributed by atoms with E-state index in [0.29, 0.717) is 6.04 Å². The van der Waals surface area contributed by atoms with Crippen LogP contribution in [0.4, 0.5) is 0 Å². The maximum atomic E-state index is 6.10. The summed E-state index contributed by atoms with van der Waals surface area (Å²) in [6.07, 6.45) is 1.22. The zero-order valence-electron chi connectivity index (χ0n) is 12.0. The van der Waals surface area contributed by atoms with E-state index in [1.54, 1.807) is 0 Å². The van der Waals surface area contributed by atoms with Gasteiger partial charge in [-0.1, -0.05) is 43.3 Å². The highest BCUT2D eigenvalue weighted by Gasteiger charge is 2.10. The summed E-state index contributed by atoms with van der Waals surface area (Å²) in [5.74, 6) is 0.981. The third-order valence-corrected chi connectivity index (χ3v) is 3.32. The lowest BCUT2D eigenvalue weighted by atomic mass is 10.1. The lowest BCUT2D eigenvalue weighted by Crippen LogP contribution is -2.30. The van der Waals surface area contributed by atoms with Crippen LogP contribution in [-0.4, -0.2) is 18.7 Å². The van der Waals surface area contributed by atoms with Gasteiger partial charge in [-0.2, -0.15) is 0 Å². The van der Waals surface area contributed by atoms with Crippen LogP contribution >= 0.6 is 0 Å². The molecule has 2 heteroatoms. The Morgan fingerprint density at radius 1 is 1.05 bits per heavy atom. The van der Waals surface area contributed by atoms with Gasteiger partial charge in [-0.05, 0) is 38.3 Å². The summed E-state index contributed by atoms with van der Waals surface area (Å²) in [6.45, 7) is 7.47. The van der Waals surface area contributed by atoms with Crippen molar-refractivity contribution >= 4 is 10.8 Å². The van der Waals surface area contributed by atoms with Crippen LogP contribution < -0.4 is 10.1 Å². The summed E-state index contributed by atoms with van der Waals surface area (Å²) in [7, 11) is 0. The molecule has 0 aromatic heterocycles. The van der Waals surface area contributed by atoms with Crippen molar-refractivity contribution in [3.05, 3.63) is 42.5 Å². The first-order valence-corrected chi connectivity index (χ1v) is 7.08. The molecule has 0 fully saturated rings. The summed E-state index contributed by atoms with van der Waals surface area (Å²) < 4.78 is 6.10. The molecular weight excluding hydrogens is 234 g/mol. The van der Waals surface area contributed by atoms with Crippen molar-refractivity contribution in [3.63, 3.8) is 0 Å². The van der Waals surface area contributed by atoms with Gasteiger partial charge in [0.2, 0.25) is 0 Å². The SMILES string of the molecule is CCNC(C)CC(C)Oc1cccc2ccccc12. The molecule has 0 saturated carbocycles. The molecule has 0 heterocycles. The topological polar surface area (TPSA) is 21.3 Å². The van der Waals surface area contributed by atoms with Crippen LogP contribution in [-0.2, 0) is 0 Å². The van der Waals surface area contributed by atoms with E-state index in [4.69, 9.17) is 4.74 Å². The molecular formula is C17H23NO. The summed E-state index contributed by atoms with van der Waals surface area (Å²) in [4.78, 5) is 0. The molecule has 0 aliphatic heterocycles. The molecule has 0 radical (unpaired) electrons. The van der Waals surface area contributed by atoms with Gasteiger partial charge in [0.25, 0.3) is 0 Å². The highest BCUT2D eigenvalue weighted by molar-refractivity contribution is 5.88. The quantitative estimate of drug-likeness (QED) is 0.844. The fourth-order valence-corrected chi connectivity index (χ4v) is 2.49. The van der Waals surface area contributed by atoms with Gasteiger partial charge in [0, 0.05) is 11.4 Å². The number of benzene rings is 2. The smallest absolute Gasteiger partial charge is 0.127 e. The summed E-state index contributed by atoms with van der Waals surface area (Å²) in [5.41, 5.74) is 0. The number of nitrogens with one attached hydrogen (secondary N) is 1. The number of hydrogen-bond acceptors (Lipinski definition) is 2. The Hall–Kier alpha value is -1.54. The fourth-order valence-electron chi connectivity index (χ4n) is 2.49. The molecule has 0 aliphatic rings. The van der Waals surface area contributed by atoms with Crippen LogP contribution in [0.15, 0.2) is 42.5 Å². The summed E-state index contributed by atoms with van der Waals surface area (Å²) in [5, 5.41) is 5.84. The van der Waals surface area contributed by atoms with E-state index in [9.17, 15) is 0 Å². The molecule has 19 heavy (non-hydrogen) atoms. The summed E-state index contributed by atoms with van der Waals surface area (Å²) >= 11 is 0. The van der Waals surface area contributed by atoms with Crippen molar-refractivity contribution in [1.29, 1.82) is 0 Å². The van der Waals surface area contributed by atoms with Gasteiger partial charge in [0.1, 0.15) is 5.75 Å². The van der Waals surface area contributed by atoms with Gasteiger partial charge in [-0.25, -0.2) is 0 Å². The number of hydrogen-bond donors (Lipinski definition) is 1. The first-order valence-electron chi connectivity index (χ1n) is 7.08. The molecule has 0 saturated heterocycles. The van der Waals surface area contributed by atoms with Crippen LogP contribution in [0, 0.1) is 0 Å². The maximum Gasteiger partial charge on any atom is 0.127 e. The Kier molecular flexibility index (Phi) is 4.80. The van der Waals surface area contributed by atoms with E-state index in [2.05, 4.69) is 68.6 Å². The van der Waals surface area contributed by atoms with E-state index >= 15 is 0 Å². The van der Waals surface area contributed by atoms with Gasteiger partial charge >= 0.3 is 0 Å². The monoisotopic (exact) mass is 257 g/mol. The van der Waals surface area contributed by atoms with Crippen LogP contribution in [0.3, 0.4) is 0 Å². The molecule has 2 unspecified atom stereocenters. The summed E-state index contributed by atoms with van der Waals surface area (Å²) in [6, 6.07) is 15.1. The molecule has 0 aliphatic carbocycles. The van der Waals surface area contributed by atoms with Gasteiger partial charge in [0.05, 0.1) is 6.10 Å². The molecule has 2 aromatic carbocycles. The molecule has 1 N–H and O–H groups in total. The second-order valence-corrected chi connectivity index (χ2v) is 5.10. The molecule has 0 amide bonds. The molecule has 0 bridgehead atoms. The lowest BCUT2D eigenvalue weighted by molar-refractivity contribution is 0.199. The zero-order chi connectivity index (χ0) is 13.7. The number of rotatable bonds is 6. The minimum absolute atomic E-state index is 0.208. The Morgan fingerprint density at radius 2 is 1.79 bits per heavy atom. The third kappa shape index (κ3) is 3.71. The average molecular weight is 257 g/mol. The van der Waals surface area contributed by atoms with Crippen molar-refractivity contribution in [2.45, 2.75) is 39.3 Å². The minimum Gasteiger partial charge on any atom is -0.490 e. The standard InChI is InChI=1S/C17H23NO/c1-4-18-13(2)12-14(3)19-17-11-7-9-15-8-5-6-10-16(15)17/h5-11,13-14,18H,4,12H2,1-3H3. The van der Waals surface area contributed by atoms with Gasteiger partial charge in [-0.3, -0.25) is 0 Å². The van der Waals surface area contributed by atoms with Crippen molar-refractivity contribution < 1.29 is 4.74 Å². The maximum absolute atomic E-state index is 6.10. The Bertz CT molecular complexity index is 518. The average Bonchev–Trinajstić information content (AvgIpc) is 2.39. The lowest BCUT2D eigenvalue weighted by Gasteiger charge is -2.20. The van der Waals surface area contributed by atoms with Crippen LogP contribution in [0.1, 0.15) is 27.2 Å². The third-order valence-electron chi connectivity index (χ3n) is 3.32. The zero-order valence-corrected chi connectivity index (χ0v) is 12.0. The van der Waals surface area contributed by atoms with E-state index in [1.807, 2.05) is 0 Å². The van der Waals surface area contributed by atoms with Gasteiger partial charge < -0.3 is 10.1 Å². The van der Waals surface area contributed by atoms with Crippen molar-refractivity contribution in [2.75, 3.05) is 6.54 Å². The van der Waals surface area contributed by atoms with Gasteiger partial charge in [-0.15, -0.1) is 0 Å². The largest absolute Gasteiger partial charge is 0.490 e. The van der Waals surface area contributed by atoms with Crippen LogP contribution in [0.25, 0.3) is 10.8 Å². The predicted molar refractivity (Wildman–Crippen MR) is 81.8 cm³/mol. The molecule has 2 aromatic rings. The van der Waals surface area contributed by atoms with E-state index in [-0.39, 0.29) is 6.10 Å². The molecule has 0 spiro atoms. The van der Waals surface area contributed by atoms with Crippen molar-refractivity contribution in [3.8, 4) is 5.75 Å². The second-order valence-electron chi connectivity index (χ2n) is 5.10. The molecule has 2 rings (SSSR count). The molecule has 2 nitrogen and oxygen atoms in total. The molecule has 102 valence electrons. The minimum atomic E-state index is 0.208. The van der Waals surface area contributed by atoms with Gasteiger partial charge in [0.15, 0.2) is 0 Å². The highest BCUT2D eigenvalue weighted by atomic mass is 16.5. The van der Waals surface area contributed by atoms with Crippen molar-refractivity contribution in [2.24, 2.45) is 0 Å². The van der Waals surface area contributed by atoms with Crippen LogP contribution in [0.5, 0.6) is 5.75 Å².